The van der Waals surface area contributed by atoms with Crippen LogP contribution >= 0.6 is 0 Å². The van der Waals surface area contributed by atoms with Gasteiger partial charge in [0.2, 0.25) is 5.91 Å². The van der Waals surface area contributed by atoms with Gasteiger partial charge < -0.3 is 20.8 Å². The zero-order chi connectivity index (χ0) is 8.48. The van der Waals surface area contributed by atoms with Crippen molar-refractivity contribution < 1.29 is 15.0 Å². The number of hydrogen-bond donors (Lipinski definition) is 4. The smallest absolute Gasteiger partial charge is 0.315 e. The van der Waals surface area contributed by atoms with Gasteiger partial charge in [-0.15, -0.1) is 0 Å². The van der Waals surface area contributed by atoms with Crippen LogP contribution in [-0.4, -0.2) is 46.7 Å². The number of piperazine rings is 1. The highest BCUT2D eigenvalue weighted by atomic mass is 16.5. The van der Waals surface area contributed by atoms with Gasteiger partial charge in [0.15, 0.2) is 0 Å². The number of primary amides is 1. The first-order valence-electron chi connectivity index (χ1n) is 3.25. The summed E-state index contributed by atoms with van der Waals surface area (Å²) in [4.78, 5) is 11.7. The molecule has 1 rings (SSSR count). The summed E-state index contributed by atoms with van der Waals surface area (Å²) in [7, 11) is 0. The lowest BCUT2D eigenvalue weighted by molar-refractivity contribution is -0.203. The number of nitrogens with two attached hydrogens (primary N) is 1. The van der Waals surface area contributed by atoms with Gasteiger partial charge in [0.1, 0.15) is 0 Å². The summed E-state index contributed by atoms with van der Waals surface area (Å²) >= 11 is 0. The van der Waals surface area contributed by atoms with E-state index in [1.807, 2.05) is 0 Å². The van der Waals surface area contributed by atoms with Crippen LogP contribution in [0, 0.1) is 0 Å². The summed E-state index contributed by atoms with van der Waals surface area (Å²) in [6, 6.07) is -0.640. The van der Waals surface area contributed by atoms with Crippen LogP contribution in [-0.2, 0) is 0 Å². The Morgan fingerprint density at radius 2 is 2.27 bits per heavy atom. The Morgan fingerprint density at radius 1 is 1.64 bits per heavy atom. The van der Waals surface area contributed by atoms with E-state index in [2.05, 4.69) is 5.32 Å². The van der Waals surface area contributed by atoms with E-state index in [-0.39, 0.29) is 6.54 Å². The minimum atomic E-state index is -1.99. The number of carbonyl (C=O) groups is 1. The first kappa shape index (κ1) is 8.25. The Balaban J connectivity index is 2.53. The molecule has 6 heteroatoms. The van der Waals surface area contributed by atoms with Crippen molar-refractivity contribution in [3.8, 4) is 0 Å². The fourth-order valence-electron chi connectivity index (χ4n) is 0.980. The minimum absolute atomic E-state index is 0.192. The van der Waals surface area contributed by atoms with E-state index in [0.29, 0.717) is 13.1 Å². The van der Waals surface area contributed by atoms with Crippen LogP contribution in [0.4, 0.5) is 4.79 Å². The van der Waals surface area contributed by atoms with E-state index in [1.165, 1.54) is 0 Å². The van der Waals surface area contributed by atoms with Gasteiger partial charge in [-0.1, -0.05) is 0 Å². The minimum Gasteiger partial charge on any atom is -0.352 e. The summed E-state index contributed by atoms with van der Waals surface area (Å²) in [5.74, 6) is -1.99. The van der Waals surface area contributed by atoms with Gasteiger partial charge in [-0.3, -0.25) is 5.32 Å². The number of amides is 2. The largest absolute Gasteiger partial charge is 0.352 e. The van der Waals surface area contributed by atoms with Crippen molar-refractivity contribution in [3.63, 3.8) is 0 Å². The molecule has 0 bridgehead atoms. The molecule has 1 saturated heterocycles. The van der Waals surface area contributed by atoms with Gasteiger partial charge in [-0.2, -0.15) is 0 Å². The van der Waals surface area contributed by atoms with Gasteiger partial charge in [0.25, 0.3) is 0 Å². The summed E-state index contributed by atoms with van der Waals surface area (Å²) in [6.07, 6.45) is 0. The predicted molar refractivity (Wildman–Crippen MR) is 36.3 cm³/mol. The van der Waals surface area contributed by atoms with Crippen LogP contribution in [0.25, 0.3) is 0 Å². The average Bonchev–Trinajstić information content (AvgIpc) is 1.85. The second kappa shape index (κ2) is 2.65. The Morgan fingerprint density at radius 3 is 2.64 bits per heavy atom. The van der Waals surface area contributed by atoms with Crippen LogP contribution in [0.5, 0.6) is 0 Å². The van der Waals surface area contributed by atoms with Crippen molar-refractivity contribution in [1.29, 1.82) is 0 Å². The van der Waals surface area contributed by atoms with E-state index in [4.69, 9.17) is 15.9 Å². The second-order valence-electron chi connectivity index (χ2n) is 2.50. The molecule has 1 aliphatic heterocycles. The third-order valence-corrected chi connectivity index (χ3v) is 1.51. The summed E-state index contributed by atoms with van der Waals surface area (Å²) in [5.41, 5.74) is 4.93. The van der Waals surface area contributed by atoms with Crippen molar-refractivity contribution in [2.24, 2.45) is 5.73 Å². The second-order valence-corrected chi connectivity index (χ2v) is 2.50. The summed E-state index contributed by atoms with van der Waals surface area (Å²) in [6.45, 7) is 0.538. The normalized spacial score (nSPS) is 23.3. The third kappa shape index (κ3) is 2.04. The molecule has 0 radical (unpaired) electrons. The molecule has 1 fully saturated rings. The van der Waals surface area contributed by atoms with Gasteiger partial charge in [0.05, 0.1) is 6.54 Å². The number of carbonyl (C=O) groups excluding carboxylic acids is 1. The van der Waals surface area contributed by atoms with Gasteiger partial charge in [-0.05, 0) is 0 Å². The third-order valence-electron chi connectivity index (χ3n) is 1.51. The maximum Gasteiger partial charge on any atom is 0.315 e. The van der Waals surface area contributed by atoms with Gasteiger partial charge in [0, 0.05) is 13.1 Å². The molecule has 11 heavy (non-hydrogen) atoms. The van der Waals surface area contributed by atoms with Crippen molar-refractivity contribution >= 4 is 6.03 Å². The van der Waals surface area contributed by atoms with Crippen LogP contribution in [0.3, 0.4) is 0 Å². The maximum absolute atomic E-state index is 10.5. The van der Waals surface area contributed by atoms with Crippen LogP contribution in [0.15, 0.2) is 0 Å². The highest BCUT2D eigenvalue weighted by molar-refractivity contribution is 5.72. The molecule has 0 aliphatic carbocycles. The Hall–Kier alpha value is -0.850. The van der Waals surface area contributed by atoms with E-state index in [0.717, 1.165) is 4.90 Å². The quantitative estimate of drug-likeness (QED) is 0.298. The number of hydrogen-bond acceptors (Lipinski definition) is 4. The van der Waals surface area contributed by atoms with E-state index in [9.17, 15) is 4.79 Å². The van der Waals surface area contributed by atoms with Crippen molar-refractivity contribution in [2.45, 2.75) is 5.91 Å². The lowest BCUT2D eigenvalue weighted by atomic mass is 10.3. The monoisotopic (exact) mass is 161 g/mol. The van der Waals surface area contributed by atoms with Crippen molar-refractivity contribution in [2.75, 3.05) is 19.6 Å². The Labute approximate surface area is 63.6 Å². The summed E-state index contributed by atoms with van der Waals surface area (Å²) < 4.78 is 0. The molecule has 0 aromatic rings. The number of rotatable bonds is 0. The Bertz CT molecular complexity index is 170. The van der Waals surface area contributed by atoms with Crippen LogP contribution in [0.2, 0.25) is 0 Å². The molecule has 1 aliphatic rings. The SMILES string of the molecule is NC(=O)N1CCNC(O)(O)C1. The van der Waals surface area contributed by atoms with Gasteiger partial charge in [-0.25, -0.2) is 4.79 Å². The molecule has 0 unspecified atom stereocenters. The van der Waals surface area contributed by atoms with Gasteiger partial charge >= 0.3 is 6.03 Å². The van der Waals surface area contributed by atoms with E-state index in [1.54, 1.807) is 0 Å². The molecule has 5 N–H and O–H groups in total. The van der Waals surface area contributed by atoms with E-state index < -0.39 is 11.9 Å². The zero-order valence-corrected chi connectivity index (χ0v) is 5.95. The standard InChI is InChI=1S/C5H11N3O3/c6-4(9)8-2-1-7-5(10,11)3-8/h7,10-11H,1-3H2,(H2,6,9). The summed E-state index contributed by atoms with van der Waals surface area (Å²) in [5, 5.41) is 20.4. The number of aliphatic hydroxyl groups is 2. The maximum atomic E-state index is 10.5. The fraction of sp³-hybridized carbons (Fsp3) is 0.800. The number of urea groups is 1. The molecule has 64 valence electrons. The highest BCUT2D eigenvalue weighted by Crippen LogP contribution is 2.03. The Kier molecular flexibility index (Phi) is 1.99. The lowest BCUT2D eigenvalue weighted by Crippen LogP contribution is -2.62. The number of nitrogens with one attached hydrogen (secondary N) is 1. The zero-order valence-electron chi connectivity index (χ0n) is 5.95. The highest BCUT2D eigenvalue weighted by Gasteiger charge is 2.31. The molecule has 0 spiro atoms. The lowest BCUT2D eigenvalue weighted by Gasteiger charge is -2.35. The van der Waals surface area contributed by atoms with Crippen molar-refractivity contribution in [3.05, 3.63) is 0 Å². The number of nitrogens with zero attached hydrogens (tertiary/aromatic N) is 1. The molecule has 6 nitrogen and oxygen atoms in total. The molecular weight excluding hydrogens is 150 g/mol. The predicted octanol–water partition coefficient (Wildman–Crippen LogP) is -2.39. The number of β-amino-alcohol motifs (C(OH)–C–C–N with tert-alkyl or cyclic N) is 2. The molecule has 0 aromatic heterocycles. The van der Waals surface area contributed by atoms with Crippen LogP contribution in [0.1, 0.15) is 0 Å². The molecule has 0 atom stereocenters. The van der Waals surface area contributed by atoms with Crippen LogP contribution < -0.4 is 11.1 Å². The van der Waals surface area contributed by atoms with E-state index >= 15 is 0 Å². The molecule has 0 aromatic carbocycles. The molecule has 2 amide bonds. The average molecular weight is 161 g/mol. The molecular formula is C5H11N3O3. The first-order valence-corrected chi connectivity index (χ1v) is 3.25. The van der Waals surface area contributed by atoms with Crippen molar-refractivity contribution in [1.82, 2.24) is 10.2 Å². The fourth-order valence-corrected chi connectivity index (χ4v) is 0.980. The topological polar surface area (TPSA) is 98.8 Å². The molecule has 0 saturated carbocycles. The first-order chi connectivity index (χ1) is 5.01. The molecule has 1 heterocycles.